The maximum absolute atomic E-state index is 13.5. The van der Waals surface area contributed by atoms with Gasteiger partial charge in [-0.1, -0.05) is 12.1 Å². The molecule has 20 heavy (non-hydrogen) atoms. The lowest BCUT2D eigenvalue weighted by Crippen LogP contribution is -2.14. The van der Waals surface area contributed by atoms with Gasteiger partial charge in [0, 0.05) is 18.7 Å². The number of rotatable bonds is 5. The minimum Gasteiger partial charge on any atom is -0.478 e. The molecule has 0 heterocycles. The Kier molecular flexibility index (Phi) is 4.42. The lowest BCUT2D eigenvalue weighted by atomic mass is 10.1. The van der Waals surface area contributed by atoms with Gasteiger partial charge < -0.3 is 10.4 Å². The predicted molar refractivity (Wildman–Crippen MR) is 70.3 cm³/mol. The summed E-state index contributed by atoms with van der Waals surface area (Å²) in [7, 11) is 0. The van der Waals surface area contributed by atoms with Crippen molar-refractivity contribution in [1.29, 1.82) is 0 Å². The number of aromatic carboxylic acids is 1. The number of hydrogen-bond acceptors (Lipinski definition) is 2. The van der Waals surface area contributed by atoms with Crippen molar-refractivity contribution in [1.82, 2.24) is 5.32 Å². The number of carbonyl (C=O) groups is 1. The van der Waals surface area contributed by atoms with Gasteiger partial charge in [-0.25, -0.2) is 13.6 Å². The van der Waals surface area contributed by atoms with Crippen molar-refractivity contribution >= 4 is 5.97 Å². The molecule has 3 nitrogen and oxygen atoms in total. The van der Waals surface area contributed by atoms with E-state index in [9.17, 15) is 13.6 Å². The van der Waals surface area contributed by atoms with Gasteiger partial charge >= 0.3 is 5.97 Å². The fraction of sp³-hybridized carbons (Fsp3) is 0.133. The third kappa shape index (κ3) is 3.61. The van der Waals surface area contributed by atoms with Gasteiger partial charge in [0.2, 0.25) is 0 Å². The highest BCUT2D eigenvalue weighted by Gasteiger charge is 2.08. The molecule has 2 N–H and O–H groups in total. The number of hydrogen-bond donors (Lipinski definition) is 2. The number of benzene rings is 2. The van der Waals surface area contributed by atoms with E-state index in [4.69, 9.17) is 5.11 Å². The maximum atomic E-state index is 13.5. The first-order chi connectivity index (χ1) is 9.56. The number of halogens is 2. The summed E-state index contributed by atoms with van der Waals surface area (Å²) in [6.07, 6.45) is 0. The fourth-order valence-electron chi connectivity index (χ4n) is 1.83. The smallest absolute Gasteiger partial charge is 0.335 e. The second-order valence-electron chi connectivity index (χ2n) is 4.34. The Balaban J connectivity index is 2.00. The monoisotopic (exact) mass is 277 g/mol. The molecular formula is C15H13F2NO2. The molecule has 0 saturated carbocycles. The SMILES string of the molecule is O=C(O)c1ccc(F)c(CNCc2cccc(F)c2)c1. The summed E-state index contributed by atoms with van der Waals surface area (Å²) in [6.45, 7) is 0.540. The molecule has 0 unspecified atom stereocenters. The Morgan fingerprint density at radius 2 is 1.90 bits per heavy atom. The van der Waals surface area contributed by atoms with Gasteiger partial charge in [-0.3, -0.25) is 0 Å². The minimum atomic E-state index is -1.10. The maximum Gasteiger partial charge on any atom is 0.335 e. The Morgan fingerprint density at radius 3 is 2.60 bits per heavy atom. The topological polar surface area (TPSA) is 49.3 Å². The van der Waals surface area contributed by atoms with Crippen LogP contribution in [-0.2, 0) is 13.1 Å². The molecule has 0 aliphatic carbocycles. The largest absolute Gasteiger partial charge is 0.478 e. The van der Waals surface area contributed by atoms with Crippen LogP contribution in [0.2, 0.25) is 0 Å². The standard InChI is InChI=1S/C15H13F2NO2/c16-13-3-1-2-10(6-13)8-18-9-12-7-11(15(19)20)4-5-14(12)17/h1-7,18H,8-9H2,(H,19,20). The zero-order chi connectivity index (χ0) is 14.5. The normalized spacial score (nSPS) is 10.5. The van der Waals surface area contributed by atoms with Crippen LogP contribution in [0.1, 0.15) is 21.5 Å². The second kappa shape index (κ2) is 6.25. The molecule has 0 amide bonds. The second-order valence-corrected chi connectivity index (χ2v) is 4.34. The number of carboxylic acids is 1. The third-order valence-electron chi connectivity index (χ3n) is 2.83. The van der Waals surface area contributed by atoms with Crippen molar-refractivity contribution < 1.29 is 18.7 Å². The first kappa shape index (κ1) is 14.1. The van der Waals surface area contributed by atoms with Crippen LogP contribution < -0.4 is 5.32 Å². The summed E-state index contributed by atoms with van der Waals surface area (Å²) in [4.78, 5) is 10.8. The van der Waals surface area contributed by atoms with Gasteiger partial charge in [0.05, 0.1) is 5.56 Å². The molecule has 5 heteroatoms. The van der Waals surface area contributed by atoms with Crippen LogP contribution in [0.15, 0.2) is 42.5 Å². The van der Waals surface area contributed by atoms with Crippen LogP contribution >= 0.6 is 0 Å². The first-order valence-electron chi connectivity index (χ1n) is 6.03. The molecule has 0 aromatic heterocycles. The van der Waals surface area contributed by atoms with Gasteiger partial charge in [0.1, 0.15) is 11.6 Å². The Labute approximate surface area is 114 Å². The van der Waals surface area contributed by atoms with Crippen molar-refractivity contribution in [2.75, 3.05) is 0 Å². The summed E-state index contributed by atoms with van der Waals surface area (Å²) in [6, 6.07) is 9.71. The van der Waals surface area contributed by atoms with Gasteiger partial charge in [0.15, 0.2) is 0 Å². The average molecular weight is 277 g/mol. The number of carboxylic acid groups (broad SMARTS) is 1. The van der Waals surface area contributed by atoms with E-state index >= 15 is 0 Å². The van der Waals surface area contributed by atoms with Crippen molar-refractivity contribution in [2.24, 2.45) is 0 Å². The molecule has 2 aromatic carbocycles. The van der Waals surface area contributed by atoms with Crippen LogP contribution in [0.4, 0.5) is 8.78 Å². The summed E-state index contributed by atoms with van der Waals surface area (Å²) >= 11 is 0. The lowest BCUT2D eigenvalue weighted by molar-refractivity contribution is 0.0696. The zero-order valence-corrected chi connectivity index (χ0v) is 10.6. The van der Waals surface area contributed by atoms with Crippen molar-refractivity contribution in [3.8, 4) is 0 Å². The van der Waals surface area contributed by atoms with E-state index in [2.05, 4.69) is 5.32 Å². The molecule has 2 aromatic rings. The summed E-state index contributed by atoms with van der Waals surface area (Å²) in [5, 5.41) is 11.8. The van der Waals surface area contributed by atoms with Crippen molar-refractivity contribution in [2.45, 2.75) is 13.1 Å². The molecule has 0 spiro atoms. The van der Waals surface area contributed by atoms with Crippen molar-refractivity contribution in [3.05, 3.63) is 70.8 Å². The van der Waals surface area contributed by atoms with E-state index in [1.807, 2.05) is 0 Å². The van der Waals surface area contributed by atoms with Gasteiger partial charge in [-0.05, 0) is 35.9 Å². The van der Waals surface area contributed by atoms with Crippen LogP contribution in [0.3, 0.4) is 0 Å². The minimum absolute atomic E-state index is 0.0361. The van der Waals surface area contributed by atoms with E-state index in [0.29, 0.717) is 6.54 Å². The lowest BCUT2D eigenvalue weighted by Gasteiger charge is -2.07. The van der Waals surface area contributed by atoms with Gasteiger partial charge in [-0.2, -0.15) is 0 Å². The quantitative estimate of drug-likeness (QED) is 0.883. The fourth-order valence-corrected chi connectivity index (χ4v) is 1.83. The molecule has 0 atom stereocenters. The van der Waals surface area contributed by atoms with Crippen LogP contribution in [0, 0.1) is 11.6 Å². The summed E-state index contributed by atoms with van der Waals surface area (Å²) < 4.78 is 26.5. The molecular weight excluding hydrogens is 264 g/mol. The van der Waals surface area contributed by atoms with E-state index < -0.39 is 11.8 Å². The molecule has 0 radical (unpaired) electrons. The Bertz CT molecular complexity index is 629. The molecule has 0 aliphatic heterocycles. The zero-order valence-electron chi connectivity index (χ0n) is 10.6. The van der Waals surface area contributed by atoms with E-state index in [1.54, 1.807) is 12.1 Å². The summed E-state index contributed by atoms with van der Waals surface area (Å²) in [5.41, 5.74) is 1.04. The molecule has 0 saturated heterocycles. The highest BCUT2D eigenvalue weighted by atomic mass is 19.1. The first-order valence-corrected chi connectivity index (χ1v) is 6.03. The van der Waals surface area contributed by atoms with E-state index in [-0.39, 0.29) is 23.5 Å². The van der Waals surface area contributed by atoms with Crippen LogP contribution in [-0.4, -0.2) is 11.1 Å². The Morgan fingerprint density at radius 1 is 1.10 bits per heavy atom. The molecule has 0 fully saturated rings. The molecule has 2 rings (SSSR count). The predicted octanol–water partition coefficient (Wildman–Crippen LogP) is 2.95. The highest BCUT2D eigenvalue weighted by molar-refractivity contribution is 5.87. The Hall–Kier alpha value is -2.27. The van der Waals surface area contributed by atoms with Crippen LogP contribution in [0.5, 0.6) is 0 Å². The van der Waals surface area contributed by atoms with Crippen molar-refractivity contribution in [3.63, 3.8) is 0 Å². The van der Waals surface area contributed by atoms with E-state index in [0.717, 1.165) is 11.6 Å². The molecule has 104 valence electrons. The number of nitrogens with one attached hydrogen (secondary N) is 1. The third-order valence-corrected chi connectivity index (χ3v) is 2.83. The van der Waals surface area contributed by atoms with E-state index in [1.165, 1.54) is 24.3 Å². The average Bonchev–Trinajstić information content (AvgIpc) is 2.40. The summed E-state index contributed by atoms with van der Waals surface area (Å²) in [5.74, 6) is -1.90. The van der Waals surface area contributed by atoms with Crippen LogP contribution in [0.25, 0.3) is 0 Å². The van der Waals surface area contributed by atoms with Gasteiger partial charge in [-0.15, -0.1) is 0 Å². The highest BCUT2D eigenvalue weighted by Crippen LogP contribution is 2.11. The molecule has 0 bridgehead atoms. The molecule has 0 aliphatic rings. The van der Waals surface area contributed by atoms with Gasteiger partial charge in [0.25, 0.3) is 0 Å².